The van der Waals surface area contributed by atoms with Gasteiger partial charge in [0.1, 0.15) is 18.0 Å². The van der Waals surface area contributed by atoms with E-state index in [9.17, 15) is 9.59 Å². The van der Waals surface area contributed by atoms with Crippen LogP contribution in [-0.4, -0.2) is 40.0 Å². The van der Waals surface area contributed by atoms with Gasteiger partial charge in [-0.15, -0.1) is 0 Å². The molecule has 3 N–H and O–H groups in total. The second-order valence-corrected chi connectivity index (χ2v) is 6.25. The highest BCUT2D eigenvalue weighted by atomic mass is 16.4. The maximum atomic E-state index is 11.2. The van der Waals surface area contributed by atoms with Gasteiger partial charge in [-0.25, -0.2) is 9.97 Å². The number of amides is 1. The number of hydrogen-bond donors (Lipinski definition) is 3. The predicted molar refractivity (Wildman–Crippen MR) is 98.6 cm³/mol. The van der Waals surface area contributed by atoms with Crippen LogP contribution in [0.2, 0.25) is 0 Å². The number of nitrogens with one attached hydrogen (secondary N) is 2. The molecule has 1 aliphatic rings. The molecule has 0 aliphatic carbocycles. The molecule has 1 fully saturated rings. The SMILES string of the molecule is CC(=O)Nc1cccc(Nc2cc(N3CCC(C(=O)O)CC3)ncn2)c1. The minimum absolute atomic E-state index is 0.128. The number of carboxylic acid groups (broad SMARTS) is 1. The number of carboxylic acids is 1. The van der Waals surface area contributed by atoms with Crippen LogP contribution < -0.4 is 15.5 Å². The molecule has 1 aromatic heterocycles. The first-order chi connectivity index (χ1) is 12.5. The molecular weight excluding hydrogens is 334 g/mol. The standard InChI is InChI=1S/C18H21N5O3/c1-12(24)21-14-3-2-4-15(9-14)22-16-10-17(20-11-19-16)23-7-5-13(6-8-23)18(25)26/h2-4,9-11,13H,5-8H2,1H3,(H,21,24)(H,25,26)(H,19,20,22). The van der Waals surface area contributed by atoms with Crippen LogP contribution in [0, 0.1) is 5.92 Å². The van der Waals surface area contributed by atoms with Crippen LogP contribution in [-0.2, 0) is 9.59 Å². The Bertz CT molecular complexity index is 803. The number of anilines is 4. The summed E-state index contributed by atoms with van der Waals surface area (Å²) < 4.78 is 0. The van der Waals surface area contributed by atoms with Crippen molar-refractivity contribution in [2.45, 2.75) is 19.8 Å². The van der Waals surface area contributed by atoms with Gasteiger partial charge in [0.25, 0.3) is 0 Å². The van der Waals surface area contributed by atoms with E-state index in [0.717, 1.165) is 11.5 Å². The summed E-state index contributed by atoms with van der Waals surface area (Å²) in [6.45, 7) is 2.78. The maximum Gasteiger partial charge on any atom is 0.306 e. The number of aliphatic carboxylic acids is 1. The Morgan fingerprint density at radius 1 is 1.15 bits per heavy atom. The lowest BCUT2D eigenvalue weighted by Gasteiger charge is -2.31. The number of nitrogens with zero attached hydrogens (tertiary/aromatic N) is 3. The second kappa shape index (κ2) is 7.81. The molecule has 0 unspecified atom stereocenters. The van der Waals surface area contributed by atoms with E-state index in [-0.39, 0.29) is 11.8 Å². The topological polar surface area (TPSA) is 107 Å². The fourth-order valence-corrected chi connectivity index (χ4v) is 2.97. The Labute approximate surface area is 151 Å². The van der Waals surface area contributed by atoms with Crippen molar-refractivity contribution in [3.8, 4) is 0 Å². The molecule has 2 heterocycles. The molecule has 0 saturated carbocycles. The summed E-state index contributed by atoms with van der Waals surface area (Å²) in [4.78, 5) is 32.8. The fourth-order valence-electron chi connectivity index (χ4n) is 2.97. The molecule has 1 saturated heterocycles. The number of rotatable bonds is 5. The Balaban J connectivity index is 1.68. The van der Waals surface area contributed by atoms with Crippen molar-refractivity contribution in [1.82, 2.24) is 9.97 Å². The van der Waals surface area contributed by atoms with E-state index in [1.165, 1.54) is 13.3 Å². The van der Waals surface area contributed by atoms with Crippen LogP contribution in [0.3, 0.4) is 0 Å². The normalized spacial score (nSPS) is 14.7. The Morgan fingerprint density at radius 3 is 2.58 bits per heavy atom. The largest absolute Gasteiger partial charge is 0.481 e. The van der Waals surface area contributed by atoms with E-state index >= 15 is 0 Å². The predicted octanol–water partition coefficient (Wildman–Crippen LogP) is 2.48. The number of piperidine rings is 1. The van der Waals surface area contributed by atoms with Gasteiger partial charge in [-0.3, -0.25) is 9.59 Å². The molecule has 8 heteroatoms. The summed E-state index contributed by atoms with van der Waals surface area (Å²) in [7, 11) is 0. The Hall–Kier alpha value is -3.16. The molecule has 0 radical (unpaired) electrons. The lowest BCUT2D eigenvalue weighted by atomic mass is 9.97. The Morgan fingerprint density at radius 2 is 1.88 bits per heavy atom. The number of carbonyl (C=O) groups is 2. The molecule has 136 valence electrons. The molecule has 1 aromatic carbocycles. The molecule has 0 atom stereocenters. The zero-order chi connectivity index (χ0) is 18.5. The van der Waals surface area contributed by atoms with Crippen LogP contribution in [0.4, 0.5) is 23.0 Å². The van der Waals surface area contributed by atoms with Gasteiger partial charge in [0.05, 0.1) is 5.92 Å². The third kappa shape index (κ3) is 4.47. The molecule has 1 amide bonds. The second-order valence-electron chi connectivity index (χ2n) is 6.25. The van der Waals surface area contributed by atoms with Crippen molar-refractivity contribution in [2.24, 2.45) is 5.92 Å². The monoisotopic (exact) mass is 355 g/mol. The molecule has 1 aliphatic heterocycles. The first-order valence-corrected chi connectivity index (χ1v) is 8.46. The summed E-state index contributed by atoms with van der Waals surface area (Å²) in [5, 5.41) is 15.0. The third-order valence-electron chi connectivity index (χ3n) is 4.28. The van der Waals surface area contributed by atoms with Crippen molar-refractivity contribution in [3.05, 3.63) is 36.7 Å². The number of carbonyl (C=O) groups excluding carboxylic acids is 1. The Kier molecular flexibility index (Phi) is 5.31. The number of hydrogen-bond acceptors (Lipinski definition) is 6. The van der Waals surface area contributed by atoms with E-state index in [1.807, 2.05) is 30.3 Å². The van der Waals surface area contributed by atoms with E-state index in [0.29, 0.717) is 37.4 Å². The van der Waals surface area contributed by atoms with Gasteiger partial charge in [0.15, 0.2) is 0 Å². The molecule has 2 aromatic rings. The molecule has 8 nitrogen and oxygen atoms in total. The highest BCUT2D eigenvalue weighted by Gasteiger charge is 2.25. The fraction of sp³-hybridized carbons (Fsp3) is 0.333. The quantitative estimate of drug-likeness (QED) is 0.756. The van der Waals surface area contributed by atoms with Crippen LogP contribution in [0.5, 0.6) is 0 Å². The zero-order valence-corrected chi connectivity index (χ0v) is 14.5. The lowest BCUT2D eigenvalue weighted by molar-refractivity contribution is -0.142. The van der Waals surface area contributed by atoms with Crippen LogP contribution in [0.25, 0.3) is 0 Å². The minimum Gasteiger partial charge on any atom is -0.481 e. The van der Waals surface area contributed by atoms with Gasteiger partial charge in [-0.05, 0) is 31.0 Å². The van der Waals surface area contributed by atoms with Gasteiger partial charge in [-0.1, -0.05) is 6.07 Å². The highest BCUT2D eigenvalue weighted by molar-refractivity contribution is 5.89. The summed E-state index contributed by atoms with van der Waals surface area (Å²) >= 11 is 0. The number of aromatic nitrogens is 2. The van der Waals surface area contributed by atoms with Gasteiger partial charge in [0.2, 0.25) is 5.91 Å². The first-order valence-electron chi connectivity index (χ1n) is 8.46. The highest BCUT2D eigenvalue weighted by Crippen LogP contribution is 2.25. The van der Waals surface area contributed by atoms with Crippen LogP contribution >= 0.6 is 0 Å². The van der Waals surface area contributed by atoms with Crippen molar-refractivity contribution >= 4 is 34.9 Å². The van der Waals surface area contributed by atoms with Crippen LogP contribution in [0.1, 0.15) is 19.8 Å². The summed E-state index contributed by atoms with van der Waals surface area (Å²) in [6, 6.07) is 9.19. The lowest BCUT2D eigenvalue weighted by Crippen LogP contribution is -2.36. The average molecular weight is 355 g/mol. The van der Waals surface area contributed by atoms with Gasteiger partial charge in [-0.2, -0.15) is 0 Å². The third-order valence-corrected chi connectivity index (χ3v) is 4.28. The van der Waals surface area contributed by atoms with Gasteiger partial charge < -0.3 is 20.6 Å². The minimum atomic E-state index is -0.728. The average Bonchev–Trinajstić information content (AvgIpc) is 2.62. The summed E-state index contributed by atoms with van der Waals surface area (Å²) in [6.07, 6.45) is 2.71. The van der Waals surface area contributed by atoms with Crippen molar-refractivity contribution < 1.29 is 14.7 Å². The van der Waals surface area contributed by atoms with E-state index < -0.39 is 5.97 Å². The molecule has 0 bridgehead atoms. The van der Waals surface area contributed by atoms with Gasteiger partial charge in [0, 0.05) is 37.5 Å². The van der Waals surface area contributed by atoms with E-state index in [1.54, 1.807) is 0 Å². The summed E-state index contributed by atoms with van der Waals surface area (Å²) in [5.74, 6) is 0.270. The smallest absolute Gasteiger partial charge is 0.306 e. The molecule has 0 spiro atoms. The van der Waals surface area contributed by atoms with Crippen LogP contribution in [0.15, 0.2) is 36.7 Å². The van der Waals surface area contributed by atoms with E-state index in [2.05, 4.69) is 25.5 Å². The maximum absolute atomic E-state index is 11.2. The summed E-state index contributed by atoms with van der Waals surface area (Å²) in [5.41, 5.74) is 1.50. The zero-order valence-electron chi connectivity index (χ0n) is 14.5. The number of benzene rings is 1. The van der Waals surface area contributed by atoms with Crippen molar-refractivity contribution in [1.29, 1.82) is 0 Å². The van der Waals surface area contributed by atoms with Gasteiger partial charge >= 0.3 is 5.97 Å². The van der Waals surface area contributed by atoms with E-state index in [4.69, 9.17) is 5.11 Å². The molecular formula is C18H21N5O3. The van der Waals surface area contributed by atoms with Crippen molar-refractivity contribution in [3.63, 3.8) is 0 Å². The first kappa shape index (κ1) is 17.7. The van der Waals surface area contributed by atoms with Crippen molar-refractivity contribution in [2.75, 3.05) is 28.6 Å². The molecule has 26 heavy (non-hydrogen) atoms. The molecule has 3 rings (SSSR count).